The Bertz CT molecular complexity index is 439. The average Bonchev–Trinajstić information content (AvgIpc) is 2.41. The molecule has 106 valence electrons. The number of hydrogen-bond acceptors (Lipinski definition) is 2. The second kappa shape index (κ2) is 6.39. The van der Waals surface area contributed by atoms with E-state index in [9.17, 15) is 13.2 Å². The number of benzene rings is 1. The third kappa shape index (κ3) is 3.48. The zero-order chi connectivity index (χ0) is 13.8. The summed E-state index contributed by atoms with van der Waals surface area (Å²) in [6, 6.07) is 1.71. The van der Waals surface area contributed by atoms with Crippen molar-refractivity contribution >= 4 is 0 Å². The van der Waals surface area contributed by atoms with Gasteiger partial charge in [0, 0.05) is 24.3 Å². The minimum atomic E-state index is -1.17. The van der Waals surface area contributed by atoms with Gasteiger partial charge in [0.1, 0.15) is 5.82 Å². The maximum absolute atomic E-state index is 13.7. The van der Waals surface area contributed by atoms with Crippen molar-refractivity contribution in [1.82, 2.24) is 5.32 Å². The molecule has 0 aromatic heterocycles. The SMILES string of the molecule is CCCNC1CCOC(c2cc(F)c(F)cc2F)C1. The summed E-state index contributed by atoms with van der Waals surface area (Å²) in [5.74, 6) is -2.96. The van der Waals surface area contributed by atoms with E-state index < -0.39 is 23.6 Å². The molecule has 1 aromatic rings. The van der Waals surface area contributed by atoms with Crippen LogP contribution in [0.4, 0.5) is 13.2 Å². The van der Waals surface area contributed by atoms with Gasteiger partial charge in [0.05, 0.1) is 6.10 Å². The molecule has 1 saturated heterocycles. The van der Waals surface area contributed by atoms with E-state index in [1.54, 1.807) is 0 Å². The van der Waals surface area contributed by atoms with Crippen molar-refractivity contribution in [2.24, 2.45) is 0 Å². The lowest BCUT2D eigenvalue weighted by atomic mass is 9.97. The van der Waals surface area contributed by atoms with E-state index in [1.807, 2.05) is 0 Å². The van der Waals surface area contributed by atoms with E-state index in [-0.39, 0.29) is 11.6 Å². The fraction of sp³-hybridized carbons (Fsp3) is 0.571. The first-order valence-corrected chi connectivity index (χ1v) is 6.61. The lowest BCUT2D eigenvalue weighted by molar-refractivity contribution is -0.00183. The van der Waals surface area contributed by atoms with Gasteiger partial charge in [-0.05, 0) is 31.9 Å². The largest absolute Gasteiger partial charge is 0.373 e. The minimum absolute atomic E-state index is 0.0990. The van der Waals surface area contributed by atoms with Gasteiger partial charge in [-0.3, -0.25) is 0 Å². The van der Waals surface area contributed by atoms with Gasteiger partial charge >= 0.3 is 0 Å². The monoisotopic (exact) mass is 273 g/mol. The van der Waals surface area contributed by atoms with E-state index in [0.29, 0.717) is 19.1 Å². The van der Waals surface area contributed by atoms with Crippen LogP contribution >= 0.6 is 0 Å². The van der Waals surface area contributed by atoms with Gasteiger partial charge in [0.2, 0.25) is 0 Å². The first-order valence-electron chi connectivity index (χ1n) is 6.61. The normalized spacial score (nSPS) is 23.6. The summed E-state index contributed by atoms with van der Waals surface area (Å²) in [6.07, 6.45) is 1.92. The molecule has 1 aliphatic rings. The molecular weight excluding hydrogens is 255 g/mol. The van der Waals surface area contributed by atoms with Crippen molar-refractivity contribution in [3.8, 4) is 0 Å². The average molecular weight is 273 g/mol. The molecule has 0 saturated carbocycles. The molecular formula is C14H18F3NO. The zero-order valence-electron chi connectivity index (χ0n) is 10.9. The molecule has 1 N–H and O–H groups in total. The second-order valence-corrected chi connectivity index (χ2v) is 4.82. The van der Waals surface area contributed by atoms with Crippen LogP contribution in [0.1, 0.15) is 37.9 Å². The molecule has 0 aliphatic carbocycles. The lowest BCUT2D eigenvalue weighted by Crippen LogP contribution is -2.36. The highest BCUT2D eigenvalue weighted by molar-refractivity contribution is 5.23. The van der Waals surface area contributed by atoms with E-state index in [0.717, 1.165) is 25.5 Å². The van der Waals surface area contributed by atoms with Gasteiger partial charge in [-0.15, -0.1) is 0 Å². The van der Waals surface area contributed by atoms with Crippen LogP contribution in [0.3, 0.4) is 0 Å². The van der Waals surface area contributed by atoms with Gasteiger partial charge in [-0.2, -0.15) is 0 Å². The molecule has 0 bridgehead atoms. The number of hydrogen-bond donors (Lipinski definition) is 1. The van der Waals surface area contributed by atoms with Crippen LogP contribution in [-0.4, -0.2) is 19.2 Å². The Kier molecular flexibility index (Phi) is 4.82. The predicted molar refractivity (Wildman–Crippen MR) is 66.3 cm³/mol. The van der Waals surface area contributed by atoms with Gasteiger partial charge in [-0.25, -0.2) is 13.2 Å². The number of ether oxygens (including phenoxy) is 1. The van der Waals surface area contributed by atoms with Crippen molar-refractivity contribution < 1.29 is 17.9 Å². The quantitative estimate of drug-likeness (QED) is 0.850. The number of rotatable bonds is 4. The maximum Gasteiger partial charge on any atom is 0.161 e. The van der Waals surface area contributed by atoms with Gasteiger partial charge in [-0.1, -0.05) is 6.92 Å². The highest BCUT2D eigenvalue weighted by Gasteiger charge is 2.26. The molecule has 0 spiro atoms. The summed E-state index contributed by atoms with van der Waals surface area (Å²) >= 11 is 0. The molecule has 2 unspecified atom stereocenters. The Morgan fingerprint density at radius 2 is 1.95 bits per heavy atom. The van der Waals surface area contributed by atoms with Crippen LogP contribution in [0.25, 0.3) is 0 Å². The van der Waals surface area contributed by atoms with Crippen LogP contribution < -0.4 is 5.32 Å². The van der Waals surface area contributed by atoms with E-state index in [2.05, 4.69) is 12.2 Å². The van der Waals surface area contributed by atoms with E-state index in [4.69, 9.17) is 4.74 Å². The minimum Gasteiger partial charge on any atom is -0.373 e. The molecule has 0 radical (unpaired) electrons. The van der Waals surface area contributed by atoms with Gasteiger partial charge in [0.15, 0.2) is 11.6 Å². The molecule has 2 nitrogen and oxygen atoms in total. The van der Waals surface area contributed by atoms with E-state index in [1.165, 1.54) is 0 Å². The molecule has 0 amide bonds. The van der Waals surface area contributed by atoms with Crippen molar-refractivity contribution in [2.75, 3.05) is 13.2 Å². The Hall–Kier alpha value is -1.07. The third-order valence-electron chi connectivity index (χ3n) is 3.35. The first kappa shape index (κ1) is 14.3. The summed E-state index contributed by atoms with van der Waals surface area (Å²) in [6.45, 7) is 3.45. The topological polar surface area (TPSA) is 21.3 Å². The molecule has 1 heterocycles. The molecule has 19 heavy (non-hydrogen) atoms. The standard InChI is InChI=1S/C14H18F3NO/c1-2-4-18-9-3-5-19-14(6-9)10-7-12(16)13(17)8-11(10)15/h7-9,14,18H,2-6H2,1H3. The Labute approximate surface area is 111 Å². The highest BCUT2D eigenvalue weighted by Crippen LogP contribution is 2.31. The zero-order valence-corrected chi connectivity index (χ0v) is 10.9. The highest BCUT2D eigenvalue weighted by atomic mass is 19.2. The molecule has 2 atom stereocenters. The molecule has 1 fully saturated rings. The first-order chi connectivity index (χ1) is 9.11. The van der Waals surface area contributed by atoms with Crippen molar-refractivity contribution in [3.63, 3.8) is 0 Å². The fourth-order valence-corrected chi connectivity index (χ4v) is 2.33. The Balaban J connectivity index is 2.10. The summed E-state index contributed by atoms with van der Waals surface area (Å²) in [5, 5.41) is 3.35. The van der Waals surface area contributed by atoms with Crippen molar-refractivity contribution in [3.05, 3.63) is 35.1 Å². The number of nitrogens with one attached hydrogen (secondary N) is 1. The summed E-state index contributed by atoms with van der Waals surface area (Å²) < 4.78 is 45.3. The second-order valence-electron chi connectivity index (χ2n) is 4.82. The van der Waals surface area contributed by atoms with E-state index >= 15 is 0 Å². The van der Waals surface area contributed by atoms with Crippen LogP contribution in [-0.2, 0) is 4.74 Å². The molecule has 5 heteroatoms. The van der Waals surface area contributed by atoms with Crippen molar-refractivity contribution in [2.45, 2.75) is 38.3 Å². The fourth-order valence-electron chi connectivity index (χ4n) is 2.33. The van der Waals surface area contributed by atoms with Crippen LogP contribution in [0.2, 0.25) is 0 Å². The summed E-state index contributed by atoms with van der Waals surface area (Å²) in [7, 11) is 0. The molecule has 1 aliphatic heterocycles. The van der Waals surface area contributed by atoms with Crippen LogP contribution in [0.15, 0.2) is 12.1 Å². The maximum atomic E-state index is 13.7. The van der Waals surface area contributed by atoms with Crippen molar-refractivity contribution in [1.29, 1.82) is 0 Å². The summed E-state index contributed by atoms with van der Waals surface area (Å²) in [4.78, 5) is 0. The lowest BCUT2D eigenvalue weighted by Gasteiger charge is -2.30. The predicted octanol–water partition coefficient (Wildman–Crippen LogP) is 3.32. The third-order valence-corrected chi connectivity index (χ3v) is 3.35. The molecule has 1 aromatic carbocycles. The Morgan fingerprint density at radius 3 is 2.68 bits per heavy atom. The molecule has 2 rings (SSSR count). The summed E-state index contributed by atoms with van der Waals surface area (Å²) in [5.41, 5.74) is 0.0990. The van der Waals surface area contributed by atoms with Gasteiger partial charge < -0.3 is 10.1 Å². The van der Waals surface area contributed by atoms with Crippen LogP contribution in [0.5, 0.6) is 0 Å². The number of halogens is 3. The van der Waals surface area contributed by atoms with Crippen LogP contribution in [0, 0.1) is 17.5 Å². The van der Waals surface area contributed by atoms with Gasteiger partial charge in [0.25, 0.3) is 0 Å². The Morgan fingerprint density at radius 1 is 1.21 bits per heavy atom. The smallest absolute Gasteiger partial charge is 0.161 e.